The standard InChI is InChI=1S/C13H24N2O/c1-11-4-2-3-9-15(11)13(16)10-12-5-7-14-8-6-12/h11-12,14H,2-10H2,1H3/t11-/m1/s1. The molecule has 92 valence electrons. The molecule has 1 atom stereocenters. The van der Waals surface area contributed by atoms with E-state index in [1.54, 1.807) is 0 Å². The van der Waals surface area contributed by atoms with E-state index in [1.807, 2.05) is 0 Å². The summed E-state index contributed by atoms with van der Waals surface area (Å²) < 4.78 is 0. The summed E-state index contributed by atoms with van der Waals surface area (Å²) >= 11 is 0. The van der Waals surface area contributed by atoms with Crippen LogP contribution in [-0.4, -0.2) is 36.5 Å². The van der Waals surface area contributed by atoms with Crippen LogP contribution in [-0.2, 0) is 4.79 Å². The van der Waals surface area contributed by atoms with Gasteiger partial charge >= 0.3 is 0 Å². The highest BCUT2D eigenvalue weighted by atomic mass is 16.2. The molecule has 0 aliphatic carbocycles. The van der Waals surface area contributed by atoms with Crippen molar-refractivity contribution in [1.82, 2.24) is 10.2 Å². The summed E-state index contributed by atoms with van der Waals surface area (Å²) in [6.07, 6.45) is 6.81. The van der Waals surface area contributed by atoms with Gasteiger partial charge in [-0.05, 0) is 58.0 Å². The summed E-state index contributed by atoms with van der Waals surface area (Å²) in [6, 6.07) is 0.475. The Morgan fingerprint density at radius 3 is 2.69 bits per heavy atom. The zero-order chi connectivity index (χ0) is 11.4. The first-order chi connectivity index (χ1) is 7.77. The Hall–Kier alpha value is -0.570. The number of carbonyl (C=O) groups is 1. The summed E-state index contributed by atoms with van der Waals surface area (Å²) in [6.45, 7) is 5.37. The summed E-state index contributed by atoms with van der Waals surface area (Å²) in [5.74, 6) is 1.03. The molecule has 1 amide bonds. The van der Waals surface area contributed by atoms with Gasteiger partial charge in [0.1, 0.15) is 0 Å². The Labute approximate surface area is 98.6 Å². The van der Waals surface area contributed by atoms with Crippen LogP contribution in [0.15, 0.2) is 0 Å². The van der Waals surface area contributed by atoms with Gasteiger partial charge in [0, 0.05) is 19.0 Å². The number of amides is 1. The van der Waals surface area contributed by atoms with Crippen molar-refractivity contribution in [2.45, 2.75) is 51.5 Å². The second-order valence-corrected chi connectivity index (χ2v) is 5.33. The Morgan fingerprint density at radius 2 is 2.00 bits per heavy atom. The highest BCUT2D eigenvalue weighted by molar-refractivity contribution is 5.76. The number of piperidine rings is 2. The Morgan fingerprint density at radius 1 is 1.25 bits per heavy atom. The average Bonchev–Trinajstić information content (AvgIpc) is 2.31. The average molecular weight is 224 g/mol. The molecule has 16 heavy (non-hydrogen) atoms. The van der Waals surface area contributed by atoms with Crippen molar-refractivity contribution in [3.8, 4) is 0 Å². The van der Waals surface area contributed by atoms with Crippen molar-refractivity contribution in [1.29, 1.82) is 0 Å². The van der Waals surface area contributed by atoms with E-state index < -0.39 is 0 Å². The van der Waals surface area contributed by atoms with Gasteiger partial charge in [0.15, 0.2) is 0 Å². The molecule has 2 aliphatic heterocycles. The highest BCUT2D eigenvalue weighted by Crippen LogP contribution is 2.22. The largest absolute Gasteiger partial charge is 0.340 e. The minimum absolute atomic E-state index is 0.402. The molecule has 1 N–H and O–H groups in total. The van der Waals surface area contributed by atoms with Gasteiger partial charge < -0.3 is 10.2 Å². The zero-order valence-corrected chi connectivity index (χ0v) is 10.4. The van der Waals surface area contributed by atoms with Gasteiger partial charge in [-0.25, -0.2) is 0 Å². The van der Waals surface area contributed by atoms with Gasteiger partial charge in [-0.2, -0.15) is 0 Å². The van der Waals surface area contributed by atoms with Crippen LogP contribution in [0, 0.1) is 5.92 Å². The third kappa shape index (κ3) is 2.97. The smallest absolute Gasteiger partial charge is 0.223 e. The lowest BCUT2D eigenvalue weighted by Gasteiger charge is -2.35. The summed E-state index contributed by atoms with van der Waals surface area (Å²) in [5, 5.41) is 3.35. The van der Waals surface area contributed by atoms with E-state index in [2.05, 4.69) is 17.1 Å². The van der Waals surface area contributed by atoms with Gasteiger partial charge in [-0.15, -0.1) is 0 Å². The van der Waals surface area contributed by atoms with Crippen LogP contribution in [0.4, 0.5) is 0 Å². The predicted octanol–water partition coefficient (Wildman–Crippen LogP) is 1.78. The van der Waals surface area contributed by atoms with Crippen molar-refractivity contribution in [2.75, 3.05) is 19.6 Å². The summed E-state index contributed by atoms with van der Waals surface area (Å²) in [5.41, 5.74) is 0. The van der Waals surface area contributed by atoms with Crippen LogP contribution in [0.25, 0.3) is 0 Å². The Bertz CT molecular complexity index is 236. The molecule has 3 heteroatoms. The van der Waals surface area contributed by atoms with Crippen LogP contribution in [0.2, 0.25) is 0 Å². The summed E-state index contributed by atoms with van der Waals surface area (Å²) in [4.78, 5) is 14.3. The number of carbonyl (C=O) groups excluding carboxylic acids is 1. The van der Waals surface area contributed by atoms with Crippen LogP contribution in [0.1, 0.15) is 45.4 Å². The molecule has 0 bridgehead atoms. The third-order valence-electron chi connectivity index (χ3n) is 4.05. The van der Waals surface area contributed by atoms with Crippen molar-refractivity contribution in [3.63, 3.8) is 0 Å². The van der Waals surface area contributed by atoms with E-state index in [-0.39, 0.29) is 0 Å². The van der Waals surface area contributed by atoms with Gasteiger partial charge in [0.2, 0.25) is 5.91 Å². The van der Waals surface area contributed by atoms with E-state index in [4.69, 9.17) is 0 Å². The lowest BCUT2D eigenvalue weighted by Crippen LogP contribution is -2.43. The van der Waals surface area contributed by atoms with E-state index in [0.29, 0.717) is 17.9 Å². The molecule has 0 radical (unpaired) electrons. The Kier molecular flexibility index (Phi) is 4.22. The van der Waals surface area contributed by atoms with Gasteiger partial charge in [0.05, 0.1) is 0 Å². The number of hydrogen-bond donors (Lipinski definition) is 1. The number of hydrogen-bond acceptors (Lipinski definition) is 2. The minimum Gasteiger partial charge on any atom is -0.340 e. The molecular formula is C13H24N2O. The normalized spacial score (nSPS) is 28.1. The first-order valence-corrected chi connectivity index (χ1v) is 6.77. The quantitative estimate of drug-likeness (QED) is 0.775. The van der Waals surface area contributed by atoms with Crippen molar-refractivity contribution in [2.24, 2.45) is 5.92 Å². The monoisotopic (exact) mass is 224 g/mol. The lowest BCUT2D eigenvalue weighted by atomic mass is 9.93. The van der Waals surface area contributed by atoms with Gasteiger partial charge in [-0.1, -0.05) is 0 Å². The molecule has 2 fully saturated rings. The molecule has 0 aromatic rings. The topological polar surface area (TPSA) is 32.3 Å². The molecule has 2 rings (SSSR count). The lowest BCUT2D eigenvalue weighted by molar-refractivity contribution is -0.135. The van der Waals surface area contributed by atoms with Crippen LogP contribution in [0.5, 0.6) is 0 Å². The maximum absolute atomic E-state index is 12.2. The van der Waals surface area contributed by atoms with Crippen molar-refractivity contribution in [3.05, 3.63) is 0 Å². The van der Waals surface area contributed by atoms with E-state index in [9.17, 15) is 4.79 Å². The first kappa shape index (κ1) is 11.9. The minimum atomic E-state index is 0.402. The molecule has 0 spiro atoms. The van der Waals surface area contributed by atoms with Crippen molar-refractivity contribution >= 4 is 5.91 Å². The predicted molar refractivity (Wildman–Crippen MR) is 65.2 cm³/mol. The fourth-order valence-electron chi connectivity index (χ4n) is 2.92. The number of rotatable bonds is 2. The molecule has 2 saturated heterocycles. The maximum Gasteiger partial charge on any atom is 0.223 e. The number of likely N-dealkylation sites (tertiary alicyclic amines) is 1. The molecule has 2 heterocycles. The maximum atomic E-state index is 12.2. The number of nitrogens with zero attached hydrogens (tertiary/aromatic N) is 1. The number of nitrogens with one attached hydrogen (secondary N) is 1. The van der Waals surface area contributed by atoms with Gasteiger partial charge in [0.25, 0.3) is 0 Å². The first-order valence-electron chi connectivity index (χ1n) is 6.77. The van der Waals surface area contributed by atoms with Gasteiger partial charge in [-0.3, -0.25) is 4.79 Å². The molecule has 0 aromatic heterocycles. The third-order valence-corrected chi connectivity index (χ3v) is 4.05. The fraction of sp³-hybridized carbons (Fsp3) is 0.923. The second-order valence-electron chi connectivity index (χ2n) is 5.33. The molecule has 0 unspecified atom stereocenters. The summed E-state index contributed by atoms with van der Waals surface area (Å²) in [7, 11) is 0. The second kappa shape index (κ2) is 5.67. The Balaban J connectivity index is 1.81. The molecule has 0 aromatic carbocycles. The van der Waals surface area contributed by atoms with Crippen molar-refractivity contribution < 1.29 is 4.79 Å². The van der Waals surface area contributed by atoms with Crippen LogP contribution < -0.4 is 5.32 Å². The molecule has 2 aliphatic rings. The van der Waals surface area contributed by atoms with E-state index in [1.165, 1.54) is 32.1 Å². The SMILES string of the molecule is C[C@@H]1CCCCN1C(=O)CC1CCNCC1. The van der Waals surface area contributed by atoms with Crippen LogP contribution >= 0.6 is 0 Å². The highest BCUT2D eigenvalue weighted by Gasteiger charge is 2.25. The fourth-order valence-corrected chi connectivity index (χ4v) is 2.92. The van der Waals surface area contributed by atoms with E-state index >= 15 is 0 Å². The van der Waals surface area contributed by atoms with E-state index in [0.717, 1.165) is 26.1 Å². The zero-order valence-electron chi connectivity index (χ0n) is 10.4. The molecule has 0 saturated carbocycles. The molecular weight excluding hydrogens is 200 g/mol. The molecule has 3 nitrogen and oxygen atoms in total. The van der Waals surface area contributed by atoms with Crippen LogP contribution in [0.3, 0.4) is 0 Å².